The van der Waals surface area contributed by atoms with Gasteiger partial charge in [0.2, 0.25) is 0 Å². The Labute approximate surface area is 119 Å². The Morgan fingerprint density at radius 1 is 1.00 bits per heavy atom. The van der Waals surface area contributed by atoms with E-state index in [1.54, 1.807) is 0 Å². The minimum absolute atomic E-state index is 0.102. The van der Waals surface area contributed by atoms with Gasteiger partial charge in [-0.2, -0.15) is 0 Å². The van der Waals surface area contributed by atoms with Crippen LogP contribution in [-0.2, 0) is 9.53 Å². The van der Waals surface area contributed by atoms with Crippen molar-refractivity contribution in [1.29, 1.82) is 0 Å². The maximum atomic E-state index is 11.0. The van der Waals surface area contributed by atoms with Crippen molar-refractivity contribution in [3.8, 4) is 0 Å². The van der Waals surface area contributed by atoms with Crippen LogP contribution in [0, 0.1) is 0 Å². The Kier molecular flexibility index (Phi) is 13.4. The molecule has 0 aliphatic carbocycles. The Balaban J connectivity index is 3.72. The highest BCUT2D eigenvalue weighted by molar-refractivity contribution is 5.69. The molecular formula is C16H33NO2. The van der Waals surface area contributed by atoms with Crippen molar-refractivity contribution in [1.82, 2.24) is 5.32 Å². The molecule has 0 fully saturated rings. The number of hydrogen-bond acceptors (Lipinski definition) is 3. The molecule has 0 radical (unpaired) electrons. The number of nitrogens with one attached hydrogen (secondary N) is 1. The van der Waals surface area contributed by atoms with Crippen LogP contribution in [0.5, 0.6) is 0 Å². The maximum absolute atomic E-state index is 11.0. The Morgan fingerprint density at radius 2 is 1.58 bits per heavy atom. The lowest BCUT2D eigenvalue weighted by Gasteiger charge is -2.18. The van der Waals surface area contributed by atoms with Crippen LogP contribution in [0.2, 0.25) is 0 Å². The van der Waals surface area contributed by atoms with E-state index in [1.807, 2.05) is 0 Å². The second kappa shape index (κ2) is 13.9. The van der Waals surface area contributed by atoms with Crippen LogP contribution in [0.15, 0.2) is 0 Å². The molecule has 0 saturated carbocycles. The normalized spacial score (nSPS) is 10.9. The van der Waals surface area contributed by atoms with E-state index in [-0.39, 0.29) is 5.97 Å². The summed E-state index contributed by atoms with van der Waals surface area (Å²) >= 11 is 0. The summed E-state index contributed by atoms with van der Waals surface area (Å²) in [5.74, 6) is -0.102. The molecule has 114 valence electrons. The lowest BCUT2D eigenvalue weighted by molar-refractivity contribution is -0.140. The zero-order valence-electron chi connectivity index (χ0n) is 13.2. The first kappa shape index (κ1) is 18.4. The third kappa shape index (κ3) is 12.2. The van der Waals surface area contributed by atoms with Crippen molar-refractivity contribution >= 4 is 5.97 Å². The van der Waals surface area contributed by atoms with Gasteiger partial charge in [-0.15, -0.1) is 0 Å². The minimum atomic E-state index is -0.102. The van der Waals surface area contributed by atoms with Crippen LogP contribution < -0.4 is 5.32 Å². The summed E-state index contributed by atoms with van der Waals surface area (Å²) in [5.41, 5.74) is 0. The number of hydrogen-bond donors (Lipinski definition) is 1. The van der Waals surface area contributed by atoms with Gasteiger partial charge in [-0.25, -0.2) is 0 Å². The number of rotatable bonds is 13. The fraction of sp³-hybridized carbons (Fsp3) is 0.938. The number of ether oxygens (including phenoxy) is 1. The lowest BCUT2D eigenvalue weighted by atomic mass is 10.0. The van der Waals surface area contributed by atoms with Gasteiger partial charge in [0, 0.05) is 12.5 Å². The molecule has 0 unspecified atom stereocenters. The molecule has 0 heterocycles. The van der Waals surface area contributed by atoms with Crippen LogP contribution >= 0.6 is 0 Å². The molecule has 0 amide bonds. The standard InChI is InChI=1S/C16H33NO2/c1-4-6-8-11-15(12-9-7-5-2)17-14-10-13-16(18)19-3/h15,17H,4-14H2,1-3H3. The minimum Gasteiger partial charge on any atom is -0.469 e. The molecule has 0 aliphatic heterocycles. The molecule has 0 atom stereocenters. The van der Waals surface area contributed by atoms with Gasteiger partial charge in [-0.05, 0) is 25.8 Å². The summed E-state index contributed by atoms with van der Waals surface area (Å²) in [6, 6.07) is 0.635. The second-order valence-corrected chi connectivity index (χ2v) is 5.32. The molecule has 0 rings (SSSR count). The Bertz CT molecular complexity index is 197. The van der Waals surface area contributed by atoms with Crippen molar-refractivity contribution < 1.29 is 9.53 Å². The molecular weight excluding hydrogens is 238 g/mol. The van der Waals surface area contributed by atoms with Gasteiger partial charge in [0.05, 0.1) is 7.11 Å². The van der Waals surface area contributed by atoms with Crippen LogP contribution in [0.4, 0.5) is 0 Å². The molecule has 0 aromatic carbocycles. The predicted octanol–water partition coefficient (Wildman–Crippen LogP) is 4.06. The highest BCUT2D eigenvalue weighted by Gasteiger charge is 2.08. The van der Waals surface area contributed by atoms with Gasteiger partial charge in [-0.3, -0.25) is 4.79 Å². The van der Waals surface area contributed by atoms with E-state index < -0.39 is 0 Å². The van der Waals surface area contributed by atoms with Crippen molar-refractivity contribution in [3.05, 3.63) is 0 Å². The van der Waals surface area contributed by atoms with Crippen molar-refractivity contribution in [2.24, 2.45) is 0 Å². The van der Waals surface area contributed by atoms with E-state index in [0.717, 1.165) is 13.0 Å². The molecule has 3 heteroatoms. The van der Waals surface area contributed by atoms with Crippen molar-refractivity contribution in [2.75, 3.05) is 13.7 Å². The average Bonchev–Trinajstić information content (AvgIpc) is 2.43. The lowest BCUT2D eigenvalue weighted by Crippen LogP contribution is -2.30. The molecule has 0 bridgehead atoms. The molecule has 0 saturated heterocycles. The summed E-state index contributed by atoms with van der Waals surface area (Å²) in [6.07, 6.45) is 11.8. The first-order valence-corrected chi connectivity index (χ1v) is 8.04. The number of methoxy groups -OCH3 is 1. The quantitative estimate of drug-likeness (QED) is 0.405. The molecule has 0 aliphatic rings. The number of carbonyl (C=O) groups excluding carboxylic acids is 1. The number of unbranched alkanes of at least 4 members (excludes halogenated alkanes) is 4. The van der Waals surface area contributed by atoms with Gasteiger partial charge in [0.1, 0.15) is 0 Å². The zero-order chi connectivity index (χ0) is 14.3. The molecule has 3 nitrogen and oxygen atoms in total. The van der Waals surface area contributed by atoms with E-state index in [1.165, 1.54) is 58.5 Å². The summed E-state index contributed by atoms with van der Waals surface area (Å²) in [4.78, 5) is 11.0. The third-order valence-electron chi connectivity index (χ3n) is 3.53. The van der Waals surface area contributed by atoms with Gasteiger partial charge in [0.15, 0.2) is 0 Å². The van der Waals surface area contributed by atoms with E-state index in [9.17, 15) is 4.79 Å². The van der Waals surface area contributed by atoms with Crippen LogP contribution in [0.25, 0.3) is 0 Å². The average molecular weight is 271 g/mol. The first-order chi connectivity index (χ1) is 9.24. The van der Waals surface area contributed by atoms with E-state index in [0.29, 0.717) is 12.5 Å². The van der Waals surface area contributed by atoms with Crippen molar-refractivity contribution in [2.45, 2.75) is 84.1 Å². The topological polar surface area (TPSA) is 38.3 Å². The van der Waals surface area contributed by atoms with Crippen LogP contribution in [0.3, 0.4) is 0 Å². The Hall–Kier alpha value is -0.570. The fourth-order valence-electron chi connectivity index (χ4n) is 2.27. The Morgan fingerprint density at radius 3 is 2.05 bits per heavy atom. The van der Waals surface area contributed by atoms with Gasteiger partial charge in [0.25, 0.3) is 0 Å². The van der Waals surface area contributed by atoms with E-state index >= 15 is 0 Å². The molecule has 19 heavy (non-hydrogen) atoms. The van der Waals surface area contributed by atoms with Gasteiger partial charge in [-0.1, -0.05) is 52.4 Å². The third-order valence-corrected chi connectivity index (χ3v) is 3.53. The van der Waals surface area contributed by atoms with Crippen molar-refractivity contribution in [3.63, 3.8) is 0 Å². The zero-order valence-corrected chi connectivity index (χ0v) is 13.2. The summed E-state index contributed by atoms with van der Waals surface area (Å²) in [5, 5.41) is 3.61. The van der Waals surface area contributed by atoms with Crippen LogP contribution in [-0.4, -0.2) is 25.7 Å². The number of carbonyl (C=O) groups is 1. The van der Waals surface area contributed by atoms with E-state index in [4.69, 9.17) is 0 Å². The summed E-state index contributed by atoms with van der Waals surface area (Å²) < 4.78 is 4.65. The highest BCUT2D eigenvalue weighted by Crippen LogP contribution is 2.11. The summed E-state index contributed by atoms with van der Waals surface area (Å²) in [6.45, 7) is 5.42. The summed E-state index contributed by atoms with van der Waals surface area (Å²) in [7, 11) is 1.45. The molecule has 0 spiro atoms. The molecule has 1 N–H and O–H groups in total. The SMILES string of the molecule is CCCCCC(CCCCC)NCCCC(=O)OC. The predicted molar refractivity (Wildman–Crippen MR) is 81.3 cm³/mol. The highest BCUT2D eigenvalue weighted by atomic mass is 16.5. The maximum Gasteiger partial charge on any atom is 0.305 e. The second-order valence-electron chi connectivity index (χ2n) is 5.32. The van der Waals surface area contributed by atoms with Gasteiger partial charge >= 0.3 is 5.97 Å². The van der Waals surface area contributed by atoms with Crippen LogP contribution in [0.1, 0.15) is 78.1 Å². The first-order valence-electron chi connectivity index (χ1n) is 8.04. The monoisotopic (exact) mass is 271 g/mol. The number of esters is 1. The van der Waals surface area contributed by atoms with E-state index in [2.05, 4.69) is 23.9 Å². The largest absolute Gasteiger partial charge is 0.469 e. The van der Waals surface area contributed by atoms with Gasteiger partial charge < -0.3 is 10.1 Å². The molecule has 0 aromatic rings. The molecule has 0 aromatic heterocycles. The smallest absolute Gasteiger partial charge is 0.305 e. The fourth-order valence-corrected chi connectivity index (χ4v) is 2.27.